The second-order valence-corrected chi connectivity index (χ2v) is 8.33. The Labute approximate surface area is 161 Å². The molecule has 0 aliphatic heterocycles. The molecule has 27 heavy (non-hydrogen) atoms. The van der Waals surface area contributed by atoms with E-state index in [0.29, 0.717) is 40.8 Å². The van der Waals surface area contributed by atoms with Crippen LogP contribution in [0.15, 0.2) is 35.4 Å². The zero-order valence-electron chi connectivity index (χ0n) is 16.9. The zero-order chi connectivity index (χ0) is 19.9. The number of carbonyl (C=O) groups excluding carboxylic acids is 3. The van der Waals surface area contributed by atoms with Gasteiger partial charge in [-0.2, -0.15) is 0 Å². The molecule has 0 saturated heterocycles. The molecule has 2 aliphatic rings. The molecule has 0 fully saturated rings. The van der Waals surface area contributed by atoms with Crippen LogP contribution in [0.5, 0.6) is 0 Å². The van der Waals surface area contributed by atoms with E-state index in [2.05, 4.69) is 32.6 Å². The number of benzene rings is 1. The van der Waals surface area contributed by atoms with E-state index in [1.54, 1.807) is 31.2 Å². The Morgan fingerprint density at radius 1 is 0.926 bits per heavy atom. The van der Waals surface area contributed by atoms with E-state index in [1.165, 1.54) is 0 Å². The van der Waals surface area contributed by atoms with E-state index in [9.17, 15) is 14.4 Å². The fourth-order valence-corrected chi connectivity index (χ4v) is 4.60. The highest BCUT2D eigenvalue weighted by molar-refractivity contribution is 6.29. The highest BCUT2D eigenvalue weighted by Gasteiger charge is 2.43. The summed E-state index contributed by atoms with van der Waals surface area (Å²) >= 11 is 0. The highest BCUT2D eigenvalue weighted by Crippen LogP contribution is 2.41. The molecular weight excluding hydrogens is 338 g/mol. The van der Waals surface area contributed by atoms with Gasteiger partial charge >= 0.3 is 0 Å². The van der Waals surface area contributed by atoms with E-state index in [1.807, 2.05) is 0 Å². The molecule has 2 aliphatic carbocycles. The van der Waals surface area contributed by atoms with Crippen molar-refractivity contribution in [1.82, 2.24) is 4.90 Å². The van der Waals surface area contributed by atoms with E-state index in [-0.39, 0.29) is 23.3 Å². The number of carbonyl (C=O) groups is 3. The van der Waals surface area contributed by atoms with Crippen molar-refractivity contribution < 1.29 is 14.4 Å². The summed E-state index contributed by atoms with van der Waals surface area (Å²) in [5.74, 6) is -0.804. The smallest absolute Gasteiger partial charge is 0.190 e. The number of hydrogen-bond donors (Lipinski definition) is 0. The average molecular weight is 367 g/mol. The minimum atomic E-state index is -0.493. The summed E-state index contributed by atoms with van der Waals surface area (Å²) in [6, 6.07) is 7.76. The number of nitrogens with zero attached hydrogens (tertiary/aromatic N) is 1. The third-order valence-corrected chi connectivity index (χ3v) is 6.03. The highest BCUT2D eigenvalue weighted by atomic mass is 16.1. The van der Waals surface area contributed by atoms with Gasteiger partial charge in [0.05, 0.1) is 0 Å². The third-order valence-electron chi connectivity index (χ3n) is 6.03. The molecule has 0 saturated carbocycles. The minimum absolute atomic E-state index is 0.0646. The first-order valence-electron chi connectivity index (χ1n) is 9.95. The van der Waals surface area contributed by atoms with Gasteiger partial charge < -0.3 is 0 Å². The Bertz CT molecular complexity index is 811. The molecule has 4 nitrogen and oxygen atoms in total. The maximum Gasteiger partial charge on any atom is 0.190 e. The van der Waals surface area contributed by atoms with Crippen LogP contribution in [-0.4, -0.2) is 40.9 Å². The summed E-state index contributed by atoms with van der Waals surface area (Å²) in [6.07, 6.45) is 1.07. The second-order valence-electron chi connectivity index (χ2n) is 8.33. The number of rotatable bonds is 5. The van der Waals surface area contributed by atoms with Crippen LogP contribution >= 0.6 is 0 Å². The van der Waals surface area contributed by atoms with E-state index in [0.717, 1.165) is 13.0 Å². The number of ketones is 3. The predicted octanol–water partition coefficient (Wildman–Crippen LogP) is 4.10. The number of Topliss-reactive ketones (excluding diaryl/α,β-unsaturated/α-hetero) is 3. The largest absolute Gasteiger partial charge is 0.299 e. The van der Waals surface area contributed by atoms with Gasteiger partial charge in [-0.05, 0) is 46.6 Å². The Morgan fingerprint density at radius 2 is 1.44 bits per heavy atom. The topological polar surface area (TPSA) is 54.5 Å². The molecule has 0 bridgehead atoms. The van der Waals surface area contributed by atoms with Crippen molar-refractivity contribution in [2.75, 3.05) is 6.54 Å². The fraction of sp³-hybridized carbons (Fsp3) is 0.522. The van der Waals surface area contributed by atoms with E-state index < -0.39 is 5.92 Å². The first-order chi connectivity index (χ1) is 12.7. The number of fused-ring (bicyclic) bond motifs is 1. The molecule has 0 N–H and O–H groups in total. The lowest BCUT2D eigenvalue weighted by Crippen LogP contribution is -2.41. The molecule has 0 aromatic heterocycles. The zero-order valence-corrected chi connectivity index (χ0v) is 16.9. The van der Waals surface area contributed by atoms with Gasteiger partial charge in [0.25, 0.3) is 0 Å². The lowest BCUT2D eigenvalue weighted by Gasteiger charge is -2.36. The average Bonchev–Trinajstić information content (AvgIpc) is 2.62. The second kappa shape index (κ2) is 7.51. The first-order valence-corrected chi connectivity index (χ1v) is 9.95. The summed E-state index contributed by atoms with van der Waals surface area (Å²) in [6.45, 7) is 11.2. The van der Waals surface area contributed by atoms with E-state index >= 15 is 0 Å². The standard InChI is InChI=1S/C23H29NO3/c1-13(2)24(14(3)4)11-10-16-12-19(25)15(5)20-21(16)23(27)18-9-7-6-8-17(18)22(20)26/h6-9,13-16H,10-12H2,1-5H3. The van der Waals surface area contributed by atoms with Crippen molar-refractivity contribution >= 4 is 17.3 Å². The molecular formula is C23H29NO3. The van der Waals surface area contributed by atoms with Crippen molar-refractivity contribution in [2.24, 2.45) is 11.8 Å². The van der Waals surface area contributed by atoms with E-state index in [4.69, 9.17) is 0 Å². The van der Waals surface area contributed by atoms with Gasteiger partial charge in [-0.25, -0.2) is 0 Å². The van der Waals surface area contributed by atoms with Crippen LogP contribution in [0.25, 0.3) is 0 Å². The van der Waals surface area contributed by atoms with Crippen LogP contribution < -0.4 is 0 Å². The van der Waals surface area contributed by atoms with Gasteiger partial charge in [-0.15, -0.1) is 0 Å². The molecule has 144 valence electrons. The van der Waals surface area contributed by atoms with Gasteiger partial charge in [0.15, 0.2) is 11.6 Å². The quantitative estimate of drug-likeness (QED) is 0.786. The van der Waals surface area contributed by atoms with Gasteiger partial charge in [0.2, 0.25) is 0 Å². The summed E-state index contributed by atoms with van der Waals surface area (Å²) in [5, 5.41) is 0. The van der Waals surface area contributed by atoms with Crippen LogP contribution in [0.1, 0.15) is 68.2 Å². The fourth-order valence-electron chi connectivity index (χ4n) is 4.60. The van der Waals surface area contributed by atoms with Crippen molar-refractivity contribution in [3.05, 3.63) is 46.5 Å². The van der Waals surface area contributed by atoms with Crippen molar-refractivity contribution in [2.45, 2.75) is 59.5 Å². The monoisotopic (exact) mass is 367 g/mol. The molecule has 0 radical (unpaired) electrons. The summed E-state index contributed by atoms with van der Waals surface area (Å²) in [4.78, 5) is 41.3. The first kappa shape index (κ1) is 19.7. The third kappa shape index (κ3) is 3.43. The van der Waals surface area contributed by atoms with Crippen LogP contribution in [0.2, 0.25) is 0 Å². The minimum Gasteiger partial charge on any atom is -0.299 e. The van der Waals surface area contributed by atoms with Crippen molar-refractivity contribution in [3.63, 3.8) is 0 Å². The van der Waals surface area contributed by atoms with Gasteiger partial charge in [0.1, 0.15) is 5.78 Å². The summed E-state index contributed by atoms with van der Waals surface area (Å²) in [7, 11) is 0. The molecule has 2 atom stereocenters. The number of allylic oxidation sites excluding steroid dienone is 2. The van der Waals surface area contributed by atoms with Gasteiger partial charge in [0, 0.05) is 46.7 Å². The lowest BCUT2D eigenvalue weighted by molar-refractivity contribution is -0.122. The summed E-state index contributed by atoms with van der Waals surface area (Å²) in [5.41, 5.74) is 1.96. The lowest BCUT2D eigenvalue weighted by atomic mass is 9.67. The normalized spacial score (nSPS) is 22.7. The molecule has 0 amide bonds. The maximum absolute atomic E-state index is 13.2. The molecule has 3 rings (SSSR count). The molecule has 2 unspecified atom stereocenters. The Kier molecular flexibility index (Phi) is 5.48. The van der Waals surface area contributed by atoms with Crippen molar-refractivity contribution in [3.8, 4) is 0 Å². The molecule has 0 spiro atoms. The molecule has 1 aromatic rings. The molecule has 0 heterocycles. The van der Waals surface area contributed by atoms with Crippen LogP contribution in [-0.2, 0) is 4.79 Å². The Balaban J connectivity index is 1.98. The van der Waals surface area contributed by atoms with Gasteiger partial charge in [-0.3, -0.25) is 19.3 Å². The predicted molar refractivity (Wildman–Crippen MR) is 106 cm³/mol. The summed E-state index contributed by atoms with van der Waals surface area (Å²) < 4.78 is 0. The SMILES string of the molecule is CC1C(=O)CC(CCN(C(C)C)C(C)C)C2=C1C(=O)c1ccccc1C2=O. The molecule has 4 heteroatoms. The van der Waals surface area contributed by atoms with Crippen LogP contribution in [0.4, 0.5) is 0 Å². The maximum atomic E-state index is 13.2. The number of hydrogen-bond acceptors (Lipinski definition) is 4. The van der Waals surface area contributed by atoms with Crippen LogP contribution in [0, 0.1) is 11.8 Å². The van der Waals surface area contributed by atoms with Crippen molar-refractivity contribution in [1.29, 1.82) is 0 Å². The van der Waals surface area contributed by atoms with Gasteiger partial charge in [-0.1, -0.05) is 31.2 Å². The Morgan fingerprint density at radius 3 is 1.96 bits per heavy atom. The van der Waals surface area contributed by atoms with Crippen LogP contribution in [0.3, 0.4) is 0 Å². The molecule has 1 aromatic carbocycles. The Hall–Kier alpha value is -2.07.